The maximum Gasteiger partial charge on any atom is 0.160 e. The number of para-hydroxylation sites is 3. The predicted molar refractivity (Wildman–Crippen MR) is 289 cm³/mol. The minimum absolute atomic E-state index is 0.690. The molecule has 0 aliphatic rings. The highest BCUT2D eigenvalue weighted by Gasteiger charge is 2.18. The van der Waals surface area contributed by atoms with Crippen LogP contribution in [-0.4, -0.2) is 21.6 Å². The van der Waals surface area contributed by atoms with Crippen molar-refractivity contribution in [2.24, 2.45) is 0 Å². The number of anilines is 2. The van der Waals surface area contributed by atoms with E-state index in [9.17, 15) is 0 Å². The summed E-state index contributed by atoms with van der Waals surface area (Å²) in [5, 5.41) is 2.51. The molecule has 12 aromatic rings. The first-order chi connectivity index (χ1) is 34.1. The van der Waals surface area contributed by atoms with Crippen molar-refractivity contribution >= 4 is 33.2 Å². The van der Waals surface area contributed by atoms with Crippen LogP contribution < -0.4 is 4.90 Å². The Hall–Kier alpha value is -9.12. The average Bonchev–Trinajstić information content (AvgIpc) is 3.78. The maximum atomic E-state index is 5.18. The van der Waals surface area contributed by atoms with Crippen LogP contribution >= 0.6 is 0 Å². The fraction of sp³-hybridized carbons (Fsp3) is 0.0154. The Morgan fingerprint density at radius 3 is 1.52 bits per heavy atom. The molecule has 326 valence electrons. The zero-order valence-electron chi connectivity index (χ0n) is 38.1. The Morgan fingerprint density at radius 2 is 0.797 bits per heavy atom. The first kappa shape index (κ1) is 41.3. The molecule has 4 heteroatoms. The minimum Gasteiger partial charge on any atom is -0.344 e. The molecule has 2 heterocycles. The summed E-state index contributed by atoms with van der Waals surface area (Å²) in [7, 11) is 2.15. The highest BCUT2D eigenvalue weighted by atomic mass is 15.1. The Labute approximate surface area is 402 Å². The maximum absolute atomic E-state index is 5.18. The Morgan fingerprint density at radius 1 is 0.333 bits per heavy atom. The second kappa shape index (κ2) is 17.9. The molecule has 0 fully saturated rings. The molecule has 0 amide bonds. The van der Waals surface area contributed by atoms with Crippen LogP contribution in [0.15, 0.2) is 261 Å². The third kappa shape index (κ3) is 7.94. The van der Waals surface area contributed by atoms with Crippen LogP contribution in [0.1, 0.15) is 0 Å². The van der Waals surface area contributed by atoms with Gasteiger partial charge in [-0.3, -0.25) is 0 Å². The lowest BCUT2D eigenvalue weighted by atomic mass is 9.97. The molecule has 0 saturated heterocycles. The van der Waals surface area contributed by atoms with Crippen molar-refractivity contribution in [3.63, 3.8) is 0 Å². The second-order valence-electron chi connectivity index (χ2n) is 17.4. The molecule has 0 aliphatic carbocycles. The van der Waals surface area contributed by atoms with Crippen molar-refractivity contribution in [3.05, 3.63) is 261 Å². The van der Waals surface area contributed by atoms with E-state index in [0.717, 1.165) is 61.8 Å². The number of hydrogen-bond acceptors (Lipinski definition) is 3. The quantitative estimate of drug-likeness (QED) is 0.137. The standard InChI is InChI=1S/C65H46N4/c1-68(54-41-39-49(40-42-54)57-27-16-30-63-64(57)58-26-12-14-29-62(58)69(63)55-23-9-4-10-24-55)61-28-13-11-25-56(61)48-35-31-47(32-36-48)52-21-15-22-53(43-52)65-66-59(50-19-7-3-8-20-50)44-60(67-65)51-37-33-46(34-38-51)45-17-5-2-6-18-45/h2-44H,1H3. The Balaban J connectivity index is 0.827. The first-order valence-corrected chi connectivity index (χ1v) is 23.5. The average molecular weight is 883 g/mol. The molecule has 4 nitrogen and oxygen atoms in total. The van der Waals surface area contributed by atoms with Crippen molar-refractivity contribution in [2.75, 3.05) is 11.9 Å². The van der Waals surface area contributed by atoms with E-state index in [4.69, 9.17) is 9.97 Å². The number of nitrogens with zero attached hydrogens (tertiary/aromatic N) is 4. The molecule has 10 aromatic carbocycles. The topological polar surface area (TPSA) is 34.0 Å². The van der Waals surface area contributed by atoms with Crippen LogP contribution in [0.3, 0.4) is 0 Å². The fourth-order valence-electron chi connectivity index (χ4n) is 9.75. The lowest BCUT2D eigenvalue weighted by molar-refractivity contribution is 1.18. The van der Waals surface area contributed by atoms with Crippen LogP contribution in [0.2, 0.25) is 0 Å². The smallest absolute Gasteiger partial charge is 0.160 e. The van der Waals surface area contributed by atoms with E-state index in [1.165, 1.54) is 49.6 Å². The zero-order chi connectivity index (χ0) is 46.1. The summed E-state index contributed by atoms with van der Waals surface area (Å²) in [6.45, 7) is 0. The summed E-state index contributed by atoms with van der Waals surface area (Å²) in [6.07, 6.45) is 0. The number of hydrogen-bond donors (Lipinski definition) is 0. The lowest BCUT2D eigenvalue weighted by Crippen LogP contribution is -2.10. The highest BCUT2D eigenvalue weighted by molar-refractivity contribution is 6.15. The van der Waals surface area contributed by atoms with E-state index in [1.54, 1.807) is 0 Å². The van der Waals surface area contributed by atoms with Gasteiger partial charge in [-0.05, 0) is 93.5 Å². The molecular formula is C65H46N4. The number of fused-ring (bicyclic) bond motifs is 3. The fourth-order valence-corrected chi connectivity index (χ4v) is 9.75. The van der Waals surface area contributed by atoms with Crippen molar-refractivity contribution in [1.82, 2.24) is 14.5 Å². The molecule has 12 rings (SSSR count). The molecule has 0 aliphatic heterocycles. The molecule has 0 spiro atoms. The Kier molecular flexibility index (Phi) is 10.7. The summed E-state index contributed by atoms with van der Waals surface area (Å²) in [4.78, 5) is 12.6. The number of benzene rings is 10. The normalized spacial score (nSPS) is 11.3. The van der Waals surface area contributed by atoms with Gasteiger partial charge in [-0.1, -0.05) is 206 Å². The molecule has 2 aromatic heterocycles. The number of aromatic nitrogens is 3. The third-order valence-corrected chi connectivity index (χ3v) is 13.3. The summed E-state index contributed by atoms with van der Waals surface area (Å²) in [5.74, 6) is 0.690. The van der Waals surface area contributed by atoms with Gasteiger partial charge in [-0.25, -0.2) is 9.97 Å². The van der Waals surface area contributed by atoms with Crippen molar-refractivity contribution in [1.29, 1.82) is 0 Å². The zero-order valence-corrected chi connectivity index (χ0v) is 38.1. The van der Waals surface area contributed by atoms with E-state index >= 15 is 0 Å². The summed E-state index contributed by atoms with van der Waals surface area (Å²) < 4.78 is 2.38. The molecule has 0 radical (unpaired) electrons. The first-order valence-electron chi connectivity index (χ1n) is 23.5. The van der Waals surface area contributed by atoms with Crippen molar-refractivity contribution in [2.45, 2.75) is 0 Å². The lowest BCUT2D eigenvalue weighted by Gasteiger charge is -2.23. The van der Waals surface area contributed by atoms with Gasteiger partial charge in [0.1, 0.15) is 0 Å². The van der Waals surface area contributed by atoms with Crippen LogP contribution in [0.25, 0.3) is 106 Å². The molecule has 0 N–H and O–H groups in total. The monoisotopic (exact) mass is 882 g/mol. The van der Waals surface area contributed by atoms with Crippen molar-refractivity contribution < 1.29 is 0 Å². The molecule has 0 bridgehead atoms. The van der Waals surface area contributed by atoms with Gasteiger partial charge in [0.05, 0.1) is 22.4 Å². The highest BCUT2D eigenvalue weighted by Crippen LogP contribution is 2.41. The molecule has 0 saturated carbocycles. The number of rotatable bonds is 10. The Bertz CT molecular complexity index is 3750. The summed E-state index contributed by atoms with van der Waals surface area (Å²) >= 11 is 0. The van der Waals surface area contributed by atoms with Gasteiger partial charge in [-0.15, -0.1) is 0 Å². The molecule has 69 heavy (non-hydrogen) atoms. The van der Waals surface area contributed by atoms with Gasteiger partial charge < -0.3 is 9.47 Å². The molecule has 0 unspecified atom stereocenters. The van der Waals surface area contributed by atoms with Gasteiger partial charge in [0, 0.05) is 57.1 Å². The van der Waals surface area contributed by atoms with Crippen molar-refractivity contribution in [3.8, 4) is 84.1 Å². The summed E-state index contributed by atoms with van der Waals surface area (Å²) in [6, 6.07) is 92.7. The SMILES string of the molecule is CN(c1ccc(-c2cccc3c2c2ccccc2n3-c2ccccc2)cc1)c1ccccc1-c1ccc(-c2cccc(-c3nc(-c4ccccc4)cc(-c4ccc(-c5ccccc5)cc4)n3)c2)cc1. The van der Waals surface area contributed by atoms with Gasteiger partial charge >= 0.3 is 0 Å². The summed E-state index contributed by atoms with van der Waals surface area (Å²) in [5.41, 5.74) is 20.0. The van der Waals surface area contributed by atoms with Crippen LogP contribution in [-0.2, 0) is 0 Å². The van der Waals surface area contributed by atoms with Crippen LogP contribution in [0, 0.1) is 0 Å². The van der Waals surface area contributed by atoms with E-state index in [1.807, 2.05) is 12.1 Å². The minimum atomic E-state index is 0.690. The molecule has 0 atom stereocenters. The van der Waals surface area contributed by atoms with Gasteiger partial charge in [0.15, 0.2) is 5.82 Å². The van der Waals surface area contributed by atoms with Crippen LogP contribution in [0.4, 0.5) is 11.4 Å². The second-order valence-corrected chi connectivity index (χ2v) is 17.4. The third-order valence-electron chi connectivity index (χ3n) is 13.3. The molecular weight excluding hydrogens is 837 g/mol. The van der Waals surface area contributed by atoms with E-state index in [0.29, 0.717) is 5.82 Å². The van der Waals surface area contributed by atoms with Gasteiger partial charge in [0.25, 0.3) is 0 Å². The van der Waals surface area contributed by atoms with Gasteiger partial charge in [0.2, 0.25) is 0 Å². The van der Waals surface area contributed by atoms with E-state index < -0.39 is 0 Å². The van der Waals surface area contributed by atoms with E-state index in [-0.39, 0.29) is 0 Å². The van der Waals surface area contributed by atoms with Crippen LogP contribution in [0.5, 0.6) is 0 Å². The predicted octanol–water partition coefficient (Wildman–Crippen LogP) is 17.0. The van der Waals surface area contributed by atoms with Gasteiger partial charge in [-0.2, -0.15) is 0 Å². The van der Waals surface area contributed by atoms with E-state index in [2.05, 4.69) is 265 Å². The largest absolute Gasteiger partial charge is 0.344 e.